The van der Waals surface area contributed by atoms with E-state index in [1.54, 1.807) is 12.1 Å². The number of nitrogens with zero attached hydrogens (tertiary/aromatic N) is 4. The predicted molar refractivity (Wildman–Crippen MR) is 96.5 cm³/mol. The van der Waals surface area contributed by atoms with Crippen molar-refractivity contribution in [3.8, 4) is 12.1 Å². The molecule has 0 saturated heterocycles. The minimum Gasteiger partial charge on any atom is -0.267 e. The molecular weight excluding hydrogens is 396 g/mol. The lowest BCUT2D eigenvalue weighted by Gasteiger charge is -2.03. The zero-order valence-corrected chi connectivity index (χ0v) is 16.1. The number of benzene rings is 1. The zero-order valence-electron chi connectivity index (χ0n) is 14.5. The third-order valence-electron chi connectivity index (χ3n) is 2.88. The number of oxime groups is 2. The number of hydrogen-bond donors (Lipinski definition) is 0. The SMILES string of the molecule is CCCCS(=O)(=O)ON=C(C#N)c1cccc(C(C#N)=NOS(C)(=O)=O)c1. The van der Waals surface area contributed by atoms with Gasteiger partial charge in [0.1, 0.15) is 12.1 Å². The molecule has 0 amide bonds. The van der Waals surface area contributed by atoms with Crippen molar-refractivity contribution < 1.29 is 25.4 Å². The molecule has 144 valence electrons. The first-order valence-corrected chi connectivity index (χ1v) is 10.9. The molecule has 0 aromatic heterocycles. The lowest BCUT2D eigenvalue weighted by molar-refractivity contribution is 0.339. The molecule has 27 heavy (non-hydrogen) atoms. The number of nitriles is 2. The maximum atomic E-state index is 11.7. The van der Waals surface area contributed by atoms with Gasteiger partial charge >= 0.3 is 20.2 Å². The Balaban J connectivity index is 3.17. The minimum absolute atomic E-state index is 0.135. The molecule has 1 aromatic rings. The van der Waals surface area contributed by atoms with Gasteiger partial charge in [-0.3, -0.25) is 8.57 Å². The van der Waals surface area contributed by atoms with E-state index in [1.807, 2.05) is 6.92 Å². The van der Waals surface area contributed by atoms with Gasteiger partial charge in [-0.1, -0.05) is 41.9 Å². The fourth-order valence-corrected chi connectivity index (χ4v) is 2.76. The molecule has 1 rings (SSSR count). The van der Waals surface area contributed by atoms with Crippen LogP contribution in [0.15, 0.2) is 34.6 Å². The lowest BCUT2D eigenvalue weighted by Crippen LogP contribution is -2.10. The first-order chi connectivity index (χ1) is 12.6. The monoisotopic (exact) mass is 412 g/mol. The van der Waals surface area contributed by atoms with Gasteiger partial charge in [0.2, 0.25) is 0 Å². The van der Waals surface area contributed by atoms with Crippen LogP contribution in [0.4, 0.5) is 0 Å². The second-order valence-corrected chi connectivity index (χ2v) is 8.38. The molecule has 0 unspecified atom stereocenters. The summed E-state index contributed by atoms with van der Waals surface area (Å²) in [7, 11) is -7.82. The summed E-state index contributed by atoms with van der Waals surface area (Å²) in [5, 5.41) is 24.9. The van der Waals surface area contributed by atoms with E-state index in [0.717, 1.165) is 6.26 Å². The maximum absolute atomic E-state index is 11.7. The molecule has 10 nitrogen and oxygen atoms in total. The van der Waals surface area contributed by atoms with E-state index in [-0.39, 0.29) is 28.3 Å². The standard InChI is InChI=1S/C15H16N4O6S2/c1-3-4-8-27(22,23)25-19-15(11-17)13-7-5-6-12(9-13)14(10-16)18-24-26(2,20)21/h5-7,9H,3-4,8H2,1-2H3. The van der Waals surface area contributed by atoms with Gasteiger partial charge in [0, 0.05) is 11.1 Å². The summed E-state index contributed by atoms with van der Waals surface area (Å²) < 4.78 is 54.0. The molecule has 0 heterocycles. The van der Waals surface area contributed by atoms with Crippen molar-refractivity contribution in [2.24, 2.45) is 10.3 Å². The second-order valence-electron chi connectivity index (χ2n) is 5.15. The second kappa shape index (κ2) is 9.66. The van der Waals surface area contributed by atoms with Crippen molar-refractivity contribution in [3.63, 3.8) is 0 Å². The molecule has 0 spiro atoms. The van der Waals surface area contributed by atoms with Crippen LogP contribution in [0.5, 0.6) is 0 Å². The Morgan fingerprint density at radius 1 is 1.04 bits per heavy atom. The summed E-state index contributed by atoms with van der Waals surface area (Å²) in [6, 6.07) is 8.95. The van der Waals surface area contributed by atoms with Gasteiger partial charge in [-0.25, -0.2) is 0 Å². The van der Waals surface area contributed by atoms with Crippen molar-refractivity contribution in [1.82, 2.24) is 0 Å². The average Bonchev–Trinajstić information content (AvgIpc) is 2.60. The highest BCUT2D eigenvalue weighted by molar-refractivity contribution is 7.86. The van der Waals surface area contributed by atoms with Gasteiger partial charge in [0.25, 0.3) is 0 Å². The van der Waals surface area contributed by atoms with Crippen molar-refractivity contribution in [2.75, 3.05) is 12.0 Å². The summed E-state index contributed by atoms with van der Waals surface area (Å²) >= 11 is 0. The molecule has 0 fully saturated rings. The zero-order chi connectivity index (χ0) is 20.5. The van der Waals surface area contributed by atoms with Crippen molar-refractivity contribution in [2.45, 2.75) is 19.8 Å². The Morgan fingerprint density at radius 3 is 2.00 bits per heavy atom. The Kier molecular flexibility index (Phi) is 7.90. The third kappa shape index (κ3) is 7.85. The van der Waals surface area contributed by atoms with E-state index < -0.39 is 20.2 Å². The highest BCUT2D eigenvalue weighted by Crippen LogP contribution is 2.10. The highest BCUT2D eigenvalue weighted by Gasteiger charge is 2.14. The van der Waals surface area contributed by atoms with Crippen LogP contribution in [0, 0.1) is 22.7 Å². The Hall–Kier alpha value is -2.96. The molecule has 0 radical (unpaired) electrons. The largest absolute Gasteiger partial charge is 0.328 e. The first-order valence-electron chi connectivity index (χ1n) is 7.48. The van der Waals surface area contributed by atoms with Crippen LogP contribution in [-0.4, -0.2) is 40.3 Å². The fraction of sp³-hybridized carbons (Fsp3) is 0.333. The predicted octanol–water partition coefficient (Wildman–Crippen LogP) is 1.26. The lowest BCUT2D eigenvalue weighted by atomic mass is 10.0. The topological polar surface area (TPSA) is 159 Å². The van der Waals surface area contributed by atoms with E-state index in [0.29, 0.717) is 12.8 Å². The van der Waals surface area contributed by atoms with Gasteiger partial charge in [0.05, 0.1) is 12.0 Å². The number of hydrogen-bond acceptors (Lipinski definition) is 10. The number of unbranched alkanes of at least 4 members (excludes halogenated alkanes) is 1. The molecule has 0 aliphatic heterocycles. The fourth-order valence-electron chi connectivity index (χ4n) is 1.65. The summed E-state index contributed by atoms with van der Waals surface area (Å²) in [6.07, 6.45) is 1.79. The van der Waals surface area contributed by atoms with Crippen LogP contribution in [0.2, 0.25) is 0 Å². The van der Waals surface area contributed by atoms with Gasteiger partial charge in [-0.05, 0) is 12.5 Å². The highest BCUT2D eigenvalue weighted by atomic mass is 32.2. The van der Waals surface area contributed by atoms with Crippen LogP contribution < -0.4 is 0 Å². The molecule has 0 bridgehead atoms. The van der Waals surface area contributed by atoms with Crippen LogP contribution in [0.25, 0.3) is 0 Å². The summed E-state index contributed by atoms with van der Waals surface area (Å²) in [5.41, 5.74) is -0.437. The van der Waals surface area contributed by atoms with Crippen molar-refractivity contribution >= 4 is 31.7 Å². The average molecular weight is 412 g/mol. The third-order valence-corrected chi connectivity index (χ3v) is 4.31. The Labute approximate surface area is 157 Å². The number of rotatable bonds is 9. The van der Waals surface area contributed by atoms with Gasteiger partial charge in [0.15, 0.2) is 11.4 Å². The molecule has 0 N–H and O–H groups in total. The summed E-state index contributed by atoms with van der Waals surface area (Å²) in [5.74, 6) is -0.236. The molecule has 0 aliphatic carbocycles. The van der Waals surface area contributed by atoms with Crippen LogP contribution >= 0.6 is 0 Å². The van der Waals surface area contributed by atoms with E-state index in [9.17, 15) is 22.1 Å². The van der Waals surface area contributed by atoms with Crippen LogP contribution in [-0.2, 0) is 28.8 Å². The van der Waals surface area contributed by atoms with Crippen LogP contribution in [0.3, 0.4) is 0 Å². The normalized spacial score (nSPS) is 12.7. The Morgan fingerprint density at radius 2 is 1.56 bits per heavy atom. The molecular formula is C15H16N4O6S2. The van der Waals surface area contributed by atoms with E-state index in [2.05, 4.69) is 18.9 Å². The van der Waals surface area contributed by atoms with E-state index in [4.69, 9.17) is 5.26 Å². The van der Waals surface area contributed by atoms with E-state index >= 15 is 0 Å². The van der Waals surface area contributed by atoms with Gasteiger partial charge in [-0.2, -0.15) is 27.4 Å². The molecule has 12 heteroatoms. The molecule has 0 saturated carbocycles. The Bertz CT molecular complexity index is 1030. The van der Waals surface area contributed by atoms with Crippen LogP contribution in [0.1, 0.15) is 30.9 Å². The van der Waals surface area contributed by atoms with E-state index in [1.165, 1.54) is 24.3 Å². The summed E-state index contributed by atoms with van der Waals surface area (Å²) in [6.45, 7) is 1.81. The molecule has 1 aromatic carbocycles. The summed E-state index contributed by atoms with van der Waals surface area (Å²) in [4.78, 5) is 0. The maximum Gasteiger partial charge on any atom is 0.328 e. The first kappa shape index (κ1) is 22.1. The van der Waals surface area contributed by atoms with Gasteiger partial charge in [-0.15, -0.1) is 0 Å². The molecule has 0 aliphatic rings. The minimum atomic E-state index is -3.91. The van der Waals surface area contributed by atoms with Gasteiger partial charge < -0.3 is 0 Å². The molecule has 0 atom stereocenters. The smallest absolute Gasteiger partial charge is 0.267 e. The van der Waals surface area contributed by atoms with Crippen molar-refractivity contribution in [1.29, 1.82) is 10.5 Å². The van der Waals surface area contributed by atoms with Crippen molar-refractivity contribution in [3.05, 3.63) is 35.4 Å². The quantitative estimate of drug-likeness (QED) is 0.433.